The van der Waals surface area contributed by atoms with Gasteiger partial charge in [0.15, 0.2) is 0 Å². The molecule has 6 N–H and O–H groups in total. The number of benzene rings is 6. The third-order valence-electron chi connectivity index (χ3n) is 18.4. The van der Waals surface area contributed by atoms with E-state index in [1.54, 1.807) is 71.0 Å². The molecule has 0 bridgehead atoms. The summed E-state index contributed by atoms with van der Waals surface area (Å²) < 4.78 is 51.8. The average molecular weight is 1860 g/mol. The molecule has 3 aliphatic heterocycles. The van der Waals surface area contributed by atoms with E-state index in [0.29, 0.717) is 51.9 Å². The number of pyridine rings is 3. The molecule has 0 amide bonds. The molecule has 6 aromatic carbocycles. The van der Waals surface area contributed by atoms with E-state index < -0.39 is 37.0 Å². The maximum absolute atomic E-state index is 5.96. The van der Waals surface area contributed by atoms with Crippen LogP contribution in [0.4, 0.5) is 17.5 Å². The molecule has 14 rings (SSSR count). The van der Waals surface area contributed by atoms with E-state index in [-0.39, 0.29) is 70.0 Å². The normalized spacial score (nSPS) is 15.3. The van der Waals surface area contributed by atoms with Gasteiger partial charge in [-0.3, -0.25) is 0 Å². The first-order valence-electron chi connectivity index (χ1n) is 35.3. The van der Waals surface area contributed by atoms with Gasteiger partial charge in [0.1, 0.15) is 34.3 Å². The van der Waals surface area contributed by atoms with Gasteiger partial charge in [-0.25, -0.2) is 19.9 Å². The molecule has 0 unspecified atom stereocenters. The fraction of sp³-hybridized carbons (Fsp3) is 0.280. The molecule has 596 valence electrons. The van der Waals surface area contributed by atoms with Crippen molar-refractivity contribution in [2.24, 2.45) is 0 Å². The Labute approximate surface area is 707 Å². The maximum Gasteiger partial charge on any atom is 0 e. The van der Waals surface area contributed by atoms with Crippen LogP contribution >= 0.6 is 62.4 Å². The van der Waals surface area contributed by atoms with Gasteiger partial charge in [-0.2, -0.15) is 15.0 Å². The average Bonchev–Trinajstić information content (AvgIpc) is 1.60. The number of hydrogen-bond acceptors (Lipinski definition) is 19. The summed E-state index contributed by atoms with van der Waals surface area (Å²) in [6.45, 7) is 27.9. The van der Waals surface area contributed by atoms with E-state index in [4.69, 9.17) is 90.0 Å². The number of rotatable bonds is 12. The van der Waals surface area contributed by atoms with Crippen molar-refractivity contribution in [2.45, 2.75) is 131 Å². The van der Waals surface area contributed by atoms with Crippen LogP contribution in [0.25, 0.3) is 11.3 Å². The fourth-order valence-corrected chi connectivity index (χ4v) is 15.7. The third-order valence-corrected chi connectivity index (χ3v) is 24.1. The zero-order valence-corrected chi connectivity index (χ0v) is 74.7. The molecule has 112 heavy (non-hydrogen) atoms. The van der Waals surface area contributed by atoms with Gasteiger partial charge in [0.25, 0.3) is 0 Å². The van der Waals surface area contributed by atoms with Crippen molar-refractivity contribution < 1.29 is 78.5 Å². The monoisotopic (exact) mass is 1860 g/mol. The Balaban J connectivity index is 0.000000205. The quantitative estimate of drug-likeness (QED) is 0.0584. The summed E-state index contributed by atoms with van der Waals surface area (Å²) in [7, 11) is 12.0. The Kier molecular flexibility index (Phi) is 37.3. The Hall–Kier alpha value is -6.78. The molecule has 3 aliphatic rings. The minimum atomic E-state index is -0.488. The van der Waals surface area contributed by atoms with Crippen molar-refractivity contribution in [1.82, 2.24) is 34.9 Å². The summed E-state index contributed by atoms with van der Waals surface area (Å²) in [5.74, 6) is 4.12. The number of ether oxygens (including phenoxy) is 3. The van der Waals surface area contributed by atoms with Crippen LogP contribution in [-0.2, 0) is 64.3 Å². The van der Waals surface area contributed by atoms with Gasteiger partial charge in [0, 0.05) is 38.3 Å². The van der Waals surface area contributed by atoms with Gasteiger partial charge >= 0.3 is 56.1 Å². The molecular weight excluding hydrogens is 1760 g/mol. The number of anilines is 3. The topological polar surface area (TPSA) is 251 Å². The Morgan fingerprint density at radius 3 is 0.955 bits per heavy atom. The van der Waals surface area contributed by atoms with Crippen LogP contribution in [0, 0.1) is 13.8 Å². The van der Waals surface area contributed by atoms with Crippen molar-refractivity contribution in [3.05, 3.63) is 264 Å². The molecule has 0 atom stereocenters. The third kappa shape index (κ3) is 27.2. The Morgan fingerprint density at radius 1 is 0.375 bits per heavy atom. The SMILES string of the molecule is CC1(C)OB(B2OC(C)(C)C(C)(C)O2)OC1(C)C.COc1nc(N)ccc1-c1ccnc(C)n1.COc1nc(N)ccc1B1OC(C)(C)C(C)(C)O1.COc1nc(N)ccc1Br.Cc1nccc(Cl)n1.[Cl][Pd][Cl].[Pd].c1ccc(P(c2ccccc2)c2ccccc2)cc1.c1ccc(P(c2ccccc2)c2ccccc2)cc1. The number of halogens is 4. The standard InChI is InChI=1S/2C18H15P.C12H24B2O4.C12H19BN2O3.C11H12N4O.C6H7BrN2O.C5H5ClN2.2ClH.2Pd/c2*1-4-10-16(11-5-1)19(17-12-6-2-7-13-17)18-14-8-3-9-15-18;1-9(2)10(3,4)16-13(15-9)14-17-11(5,6)12(7,8)18-14;1-11(2)12(3,4)18-13(17-11)8-6-7-9(14)15-10(8)16-5;1-7-13-6-5-9(14-7)8-3-4-10(12)15-11(8)16-2;1-10-6-4(7)2-3-5(8)9-6;1-4-7-3-2-5(6)8-4;;;;/h2*1-15H;1-8H3;6-7H,1-5H3,(H2,14,15);3-6H,1-2H3,(H2,12,15);2-3H,1H3,(H2,8,9);2-3H,1H3;2*1H;;/q;;;;;;;;;;+2/p-2. The summed E-state index contributed by atoms with van der Waals surface area (Å²) in [5, 5.41) is 8.89. The Bertz CT molecular complexity index is 4250. The fourth-order valence-electron chi connectivity index (χ4n) is 10.6. The molecule has 30 heteroatoms. The second-order valence-electron chi connectivity index (χ2n) is 27.8. The van der Waals surface area contributed by atoms with Crippen molar-refractivity contribution >= 4 is 138 Å². The second-order valence-corrected chi connectivity index (χ2v) is 35.9. The number of hydrogen-bond donors (Lipinski definition) is 3. The van der Waals surface area contributed by atoms with E-state index in [1.807, 2.05) is 108 Å². The van der Waals surface area contributed by atoms with Crippen molar-refractivity contribution in [3.63, 3.8) is 0 Å². The first-order valence-corrected chi connectivity index (χ1v) is 43.2. The van der Waals surface area contributed by atoms with Crippen LogP contribution in [0.5, 0.6) is 17.6 Å². The van der Waals surface area contributed by atoms with E-state index in [0.717, 1.165) is 21.2 Å². The maximum atomic E-state index is 5.96. The van der Waals surface area contributed by atoms with E-state index in [9.17, 15) is 0 Å². The molecule has 3 saturated heterocycles. The number of nitrogens with two attached hydrogens (primary N) is 3. The summed E-state index contributed by atoms with van der Waals surface area (Å²) in [6, 6.07) is 78.7. The van der Waals surface area contributed by atoms with E-state index in [2.05, 4.69) is 233 Å². The van der Waals surface area contributed by atoms with E-state index >= 15 is 0 Å². The van der Waals surface area contributed by atoms with Gasteiger partial charge < -0.3 is 59.3 Å². The molecule has 19 nitrogen and oxygen atoms in total. The minimum absolute atomic E-state index is 0. The largest absolute Gasteiger partial charge is 0.0622 e. The number of aryl methyl sites for hydroxylation is 2. The van der Waals surface area contributed by atoms with Gasteiger partial charge in [-0.15, -0.1) is 0 Å². The number of nitrogen functional groups attached to an aromatic ring is 3. The van der Waals surface area contributed by atoms with Crippen molar-refractivity contribution in [1.29, 1.82) is 0 Å². The molecule has 0 saturated carbocycles. The van der Waals surface area contributed by atoms with Gasteiger partial charge in [0.05, 0.1) is 70.7 Å². The molecule has 8 heterocycles. The first-order chi connectivity index (χ1) is 52.7. The smallest absolute Gasteiger partial charge is 0 e. The minimum Gasteiger partial charge on any atom is -0.0622 e. The van der Waals surface area contributed by atoms with Crippen LogP contribution in [0.3, 0.4) is 0 Å². The number of methoxy groups -OCH3 is 3. The van der Waals surface area contributed by atoms with Crippen LogP contribution < -0.4 is 68.7 Å². The van der Waals surface area contributed by atoms with Crippen molar-refractivity contribution in [3.8, 4) is 28.9 Å². The zero-order chi connectivity index (χ0) is 81.2. The predicted octanol–water partition coefficient (Wildman–Crippen LogP) is 15.8. The number of nitrogens with zero attached hydrogens (tertiary/aromatic N) is 7. The molecule has 5 aromatic heterocycles. The van der Waals surface area contributed by atoms with Crippen LogP contribution in [0.2, 0.25) is 5.15 Å². The zero-order valence-electron chi connectivity index (χ0n) is 65.9. The Morgan fingerprint density at radius 2 is 0.661 bits per heavy atom. The molecule has 11 aromatic rings. The van der Waals surface area contributed by atoms with Gasteiger partial charge in [0.2, 0.25) is 17.6 Å². The summed E-state index contributed by atoms with van der Waals surface area (Å²) in [4.78, 5) is 28.1. The molecule has 0 radical (unpaired) electrons. The molecular formula is C82H97B3BrCl3N10O9P2Pd2. The van der Waals surface area contributed by atoms with Crippen LogP contribution in [0.1, 0.15) is 94.7 Å². The second kappa shape index (κ2) is 44.4. The first kappa shape index (κ1) is 94.1. The summed E-state index contributed by atoms with van der Waals surface area (Å²) >= 11 is 8.64. The van der Waals surface area contributed by atoms with Crippen LogP contribution in [-0.4, -0.2) is 111 Å². The number of aromatic nitrogens is 7. The van der Waals surface area contributed by atoms with Gasteiger partial charge in [-0.05, 0) is 203 Å². The molecule has 3 fully saturated rings. The van der Waals surface area contributed by atoms with Crippen molar-refractivity contribution in [2.75, 3.05) is 38.5 Å². The predicted molar refractivity (Wildman–Crippen MR) is 461 cm³/mol. The van der Waals surface area contributed by atoms with Gasteiger partial charge in [-0.1, -0.05) is 200 Å². The summed E-state index contributed by atoms with van der Waals surface area (Å²) in [6.07, 6.45) is 3.33. The van der Waals surface area contributed by atoms with Crippen LogP contribution in [0.15, 0.2) is 247 Å². The van der Waals surface area contributed by atoms with E-state index in [1.165, 1.54) is 31.8 Å². The summed E-state index contributed by atoms with van der Waals surface area (Å²) in [5.41, 5.74) is 16.7. The molecule has 0 aliphatic carbocycles. The molecule has 0 spiro atoms.